The maximum Gasteiger partial charge on any atom is 0.416 e. The molecule has 116 valence electrons. The highest BCUT2D eigenvalue weighted by molar-refractivity contribution is 6.05. The van der Waals surface area contributed by atoms with Crippen molar-refractivity contribution in [1.29, 1.82) is 0 Å². The third-order valence-electron chi connectivity index (χ3n) is 2.87. The van der Waals surface area contributed by atoms with Gasteiger partial charge in [-0.3, -0.25) is 4.79 Å². The number of benzene rings is 2. The Kier molecular flexibility index (Phi) is 4.25. The molecule has 0 aliphatic rings. The molecule has 0 fully saturated rings. The van der Waals surface area contributed by atoms with Crippen LogP contribution >= 0.6 is 0 Å². The molecule has 0 bridgehead atoms. The van der Waals surface area contributed by atoms with E-state index in [0.29, 0.717) is 11.4 Å². The summed E-state index contributed by atoms with van der Waals surface area (Å²) in [5.74, 6) is -0.195. The molecule has 0 aliphatic carbocycles. The largest absolute Gasteiger partial charge is 0.497 e. The number of rotatable bonds is 3. The monoisotopic (exact) mass is 310 g/mol. The summed E-state index contributed by atoms with van der Waals surface area (Å²) in [6.07, 6.45) is -4.47. The summed E-state index contributed by atoms with van der Waals surface area (Å²) in [6.45, 7) is 0. The Morgan fingerprint density at radius 3 is 2.55 bits per heavy atom. The number of carbonyl (C=O) groups excluding carboxylic acids is 1. The number of amides is 1. The molecule has 0 saturated carbocycles. The molecule has 0 spiro atoms. The number of carbonyl (C=O) groups is 1. The zero-order valence-electron chi connectivity index (χ0n) is 11.6. The topological polar surface area (TPSA) is 64.3 Å². The number of halogens is 3. The van der Waals surface area contributed by atoms with Gasteiger partial charge in [0.05, 0.1) is 12.7 Å². The average Bonchev–Trinajstić information content (AvgIpc) is 2.46. The predicted molar refractivity (Wildman–Crippen MR) is 76.8 cm³/mol. The minimum Gasteiger partial charge on any atom is -0.497 e. The number of alkyl halides is 3. The van der Waals surface area contributed by atoms with Crippen molar-refractivity contribution in [2.45, 2.75) is 6.18 Å². The van der Waals surface area contributed by atoms with Gasteiger partial charge in [0.1, 0.15) is 5.75 Å². The molecule has 7 heteroatoms. The summed E-state index contributed by atoms with van der Waals surface area (Å²) >= 11 is 0. The lowest BCUT2D eigenvalue weighted by Crippen LogP contribution is -2.13. The summed E-state index contributed by atoms with van der Waals surface area (Å²) < 4.78 is 42.9. The van der Waals surface area contributed by atoms with Crippen molar-refractivity contribution >= 4 is 17.3 Å². The quantitative estimate of drug-likeness (QED) is 0.852. The van der Waals surface area contributed by atoms with Crippen molar-refractivity contribution in [2.75, 3.05) is 18.2 Å². The molecule has 0 heterocycles. The van der Waals surface area contributed by atoms with Gasteiger partial charge in [-0.05, 0) is 30.3 Å². The van der Waals surface area contributed by atoms with E-state index in [4.69, 9.17) is 10.5 Å². The molecule has 22 heavy (non-hydrogen) atoms. The minimum atomic E-state index is -4.47. The number of anilines is 2. The van der Waals surface area contributed by atoms with Gasteiger partial charge in [0.2, 0.25) is 0 Å². The van der Waals surface area contributed by atoms with Crippen LogP contribution in [0.4, 0.5) is 24.5 Å². The van der Waals surface area contributed by atoms with E-state index in [2.05, 4.69) is 5.32 Å². The van der Waals surface area contributed by atoms with E-state index in [1.165, 1.54) is 37.4 Å². The van der Waals surface area contributed by atoms with Crippen LogP contribution in [0.15, 0.2) is 42.5 Å². The highest BCUT2D eigenvalue weighted by Crippen LogP contribution is 2.30. The molecular weight excluding hydrogens is 297 g/mol. The SMILES string of the molecule is COc1cc(N)cc(C(=O)Nc2cccc(C(F)(F)F)c2)c1. The van der Waals surface area contributed by atoms with E-state index in [0.717, 1.165) is 12.1 Å². The molecule has 0 unspecified atom stereocenters. The molecule has 1 amide bonds. The number of nitrogens with one attached hydrogen (secondary N) is 1. The first-order valence-electron chi connectivity index (χ1n) is 6.23. The Morgan fingerprint density at radius 1 is 1.18 bits per heavy atom. The number of nitrogen functional groups attached to an aromatic ring is 1. The van der Waals surface area contributed by atoms with Gasteiger partial charge in [0, 0.05) is 23.0 Å². The highest BCUT2D eigenvalue weighted by Gasteiger charge is 2.30. The Bertz CT molecular complexity index is 699. The van der Waals surface area contributed by atoms with Crippen molar-refractivity contribution in [3.05, 3.63) is 53.6 Å². The first kappa shape index (κ1) is 15.7. The van der Waals surface area contributed by atoms with Gasteiger partial charge in [-0.25, -0.2) is 0 Å². The molecule has 3 N–H and O–H groups in total. The van der Waals surface area contributed by atoms with E-state index < -0.39 is 17.6 Å². The van der Waals surface area contributed by atoms with Gasteiger partial charge in [-0.15, -0.1) is 0 Å². The maximum atomic E-state index is 12.6. The molecule has 0 aromatic heterocycles. The zero-order valence-corrected chi connectivity index (χ0v) is 11.6. The van der Waals surface area contributed by atoms with Crippen molar-refractivity contribution in [3.63, 3.8) is 0 Å². The fraction of sp³-hybridized carbons (Fsp3) is 0.133. The van der Waals surface area contributed by atoms with Gasteiger partial charge in [-0.1, -0.05) is 6.07 Å². The van der Waals surface area contributed by atoms with Crippen molar-refractivity contribution < 1.29 is 22.7 Å². The third kappa shape index (κ3) is 3.69. The molecule has 0 saturated heterocycles. The highest BCUT2D eigenvalue weighted by atomic mass is 19.4. The van der Waals surface area contributed by atoms with E-state index in [1.807, 2.05) is 0 Å². The summed E-state index contributed by atoms with van der Waals surface area (Å²) in [7, 11) is 1.42. The fourth-order valence-electron chi connectivity index (χ4n) is 1.85. The standard InChI is InChI=1S/C15H13F3N2O2/c1-22-13-6-9(5-11(19)8-13)14(21)20-12-4-2-3-10(7-12)15(16,17)18/h2-8H,19H2,1H3,(H,20,21). The van der Waals surface area contributed by atoms with E-state index >= 15 is 0 Å². The minimum absolute atomic E-state index is 0.0428. The van der Waals surface area contributed by atoms with E-state index in [9.17, 15) is 18.0 Å². The second kappa shape index (κ2) is 5.97. The summed E-state index contributed by atoms with van der Waals surface area (Å²) in [5.41, 5.74) is 5.35. The van der Waals surface area contributed by atoms with Crippen LogP contribution in [-0.4, -0.2) is 13.0 Å². The van der Waals surface area contributed by atoms with Crippen molar-refractivity contribution in [2.24, 2.45) is 0 Å². The third-order valence-corrected chi connectivity index (χ3v) is 2.87. The lowest BCUT2D eigenvalue weighted by molar-refractivity contribution is -0.137. The number of methoxy groups -OCH3 is 1. The average molecular weight is 310 g/mol. The van der Waals surface area contributed by atoms with Crippen LogP contribution in [0.1, 0.15) is 15.9 Å². The van der Waals surface area contributed by atoms with Crippen LogP contribution in [0.5, 0.6) is 5.75 Å². The fourth-order valence-corrected chi connectivity index (χ4v) is 1.85. The van der Waals surface area contributed by atoms with E-state index in [1.54, 1.807) is 0 Å². The molecular formula is C15H13F3N2O2. The number of hydrogen-bond donors (Lipinski definition) is 2. The van der Waals surface area contributed by atoms with Crippen LogP contribution in [-0.2, 0) is 6.18 Å². The molecule has 4 nitrogen and oxygen atoms in total. The van der Waals surface area contributed by atoms with Crippen molar-refractivity contribution in [3.8, 4) is 5.75 Å². The number of nitrogens with two attached hydrogens (primary N) is 1. The second-order valence-electron chi connectivity index (χ2n) is 4.53. The van der Waals surface area contributed by atoms with Crippen LogP contribution < -0.4 is 15.8 Å². The Morgan fingerprint density at radius 2 is 1.91 bits per heavy atom. The summed E-state index contributed by atoms with van der Waals surface area (Å²) in [5, 5.41) is 2.40. The first-order valence-corrected chi connectivity index (χ1v) is 6.23. The second-order valence-corrected chi connectivity index (χ2v) is 4.53. The molecule has 2 aromatic carbocycles. The molecule has 0 atom stereocenters. The van der Waals surface area contributed by atoms with Crippen LogP contribution in [0.2, 0.25) is 0 Å². The van der Waals surface area contributed by atoms with Crippen LogP contribution in [0.25, 0.3) is 0 Å². The van der Waals surface area contributed by atoms with Gasteiger partial charge in [-0.2, -0.15) is 13.2 Å². The van der Waals surface area contributed by atoms with Gasteiger partial charge in [0.15, 0.2) is 0 Å². The normalized spacial score (nSPS) is 11.1. The lowest BCUT2D eigenvalue weighted by Gasteiger charge is -2.11. The van der Waals surface area contributed by atoms with Crippen molar-refractivity contribution in [1.82, 2.24) is 0 Å². The smallest absolute Gasteiger partial charge is 0.416 e. The molecule has 2 aromatic rings. The van der Waals surface area contributed by atoms with Crippen LogP contribution in [0, 0.1) is 0 Å². The summed E-state index contributed by atoms with van der Waals surface area (Å²) in [4.78, 5) is 12.1. The number of ether oxygens (including phenoxy) is 1. The maximum absolute atomic E-state index is 12.6. The predicted octanol–water partition coefficient (Wildman–Crippen LogP) is 3.55. The van der Waals surface area contributed by atoms with Gasteiger partial charge >= 0.3 is 6.18 Å². The van der Waals surface area contributed by atoms with Crippen LogP contribution in [0.3, 0.4) is 0 Å². The van der Waals surface area contributed by atoms with Gasteiger partial charge in [0.25, 0.3) is 5.91 Å². The summed E-state index contributed by atoms with van der Waals surface area (Å²) in [6, 6.07) is 8.77. The molecule has 0 aliphatic heterocycles. The van der Waals surface area contributed by atoms with Gasteiger partial charge < -0.3 is 15.8 Å². The Hall–Kier alpha value is -2.70. The Labute approximate surface area is 124 Å². The van der Waals surface area contributed by atoms with E-state index in [-0.39, 0.29) is 11.3 Å². The molecule has 0 radical (unpaired) electrons. The zero-order chi connectivity index (χ0) is 16.3. The number of hydrogen-bond acceptors (Lipinski definition) is 3. The molecule has 2 rings (SSSR count). The Balaban J connectivity index is 2.24. The lowest BCUT2D eigenvalue weighted by atomic mass is 10.1. The first-order chi connectivity index (χ1) is 10.3.